The van der Waals surface area contributed by atoms with Gasteiger partial charge in [-0.3, -0.25) is 4.79 Å². The van der Waals surface area contributed by atoms with Crippen LogP contribution in [0.1, 0.15) is 41.0 Å². The normalized spacial score (nSPS) is 17.4. The Morgan fingerprint density at radius 2 is 1.75 bits per heavy atom. The summed E-state index contributed by atoms with van der Waals surface area (Å²) in [5.74, 6) is -1.48. The third-order valence-electron chi connectivity index (χ3n) is 2.79. The second-order valence-electron chi connectivity index (χ2n) is 5.32. The maximum absolute atomic E-state index is 11.8. The molecule has 0 aliphatic rings. The summed E-state index contributed by atoms with van der Waals surface area (Å²) in [5.41, 5.74) is 4.11. The molecule has 2 unspecified atom stereocenters. The maximum Gasteiger partial charge on any atom is 0.329 e. The molecule has 0 spiro atoms. The van der Waals surface area contributed by atoms with E-state index in [1.54, 1.807) is 6.92 Å². The Kier molecular flexibility index (Phi) is 4.49. The molecular weight excluding hydrogens is 208 g/mol. The summed E-state index contributed by atoms with van der Waals surface area (Å²) in [4.78, 5) is 22.8. The SMILES string of the molecule is CCC(C)(NC(=O)C(N)C(C)(C)C)C(=O)O. The molecule has 0 aromatic carbocycles. The Morgan fingerprint density at radius 1 is 1.31 bits per heavy atom. The minimum Gasteiger partial charge on any atom is -0.480 e. The molecule has 5 heteroatoms. The highest BCUT2D eigenvalue weighted by atomic mass is 16.4. The van der Waals surface area contributed by atoms with E-state index in [4.69, 9.17) is 10.8 Å². The molecule has 0 heterocycles. The molecule has 0 aromatic heterocycles. The van der Waals surface area contributed by atoms with Gasteiger partial charge in [0.2, 0.25) is 5.91 Å². The molecule has 0 aliphatic heterocycles. The zero-order valence-electron chi connectivity index (χ0n) is 10.6. The van der Waals surface area contributed by atoms with Crippen LogP contribution in [0.15, 0.2) is 0 Å². The molecule has 0 rings (SSSR count). The minimum absolute atomic E-state index is 0.310. The van der Waals surface area contributed by atoms with E-state index < -0.39 is 28.9 Å². The lowest BCUT2D eigenvalue weighted by Crippen LogP contribution is -2.58. The van der Waals surface area contributed by atoms with Crippen molar-refractivity contribution in [2.45, 2.75) is 52.6 Å². The molecule has 0 fully saturated rings. The van der Waals surface area contributed by atoms with Gasteiger partial charge in [0.15, 0.2) is 0 Å². The predicted molar refractivity (Wildman–Crippen MR) is 61.9 cm³/mol. The minimum atomic E-state index is -1.25. The number of hydrogen-bond acceptors (Lipinski definition) is 3. The van der Waals surface area contributed by atoms with Crippen molar-refractivity contribution in [1.82, 2.24) is 5.32 Å². The molecule has 94 valence electrons. The summed E-state index contributed by atoms with van der Waals surface area (Å²) >= 11 is 0. The number of hydrogen-bond donors (Lipinski definition) is 3. The van der Waals surface area contributed by atoms with Gasteiger partial charge in [-0.25, -0.2) is 4.79 Å². The van der Waals surface area contributed by atoms with E-state index in [-0.39, 0.29) is 0 Å². The van der Waals surface area contributed by atoms with Crippen molar-refractivity contribution in [1.29, 1.82) is 0 Å². The Morgan fingerprint density at radius 3 is 2.00 bits per heavy atom. The molecule has 0 saturated carbocycles. The summed E-state index contributed by atoms with van der Waals surface area (Å²) in [6.45, 7) is 8.68. The number of nitrogens with one attached hydrogen (secondary N) is 1. The van der Waals surface area contributed by atoms with Gasteiger partial charge in [-0.2, -0.15) is 0 Å². The van der Waals surface area contributed by atoms with Gasteiger partial charge in [-0.15, -0.1) is 0 Å². The van der Waals surface area contributed by atoms with Crippen molar-refractivity contribution in [3.05, 3.63) is 0 Å². The van der Waals surface area contributed by atoms with Crippen LogP contribution in [0.2, 0.25) is 0 Å². The van der Waals surface area contributed by atoms with E-state index >= 15 is 0 Å². The molecule has 0 bridgehead atoms. The Hall–Kier alpha value is -1.10. The van der Waals surface area contributed by atoms with Gasteiger partial charge in [-0.1, -0.05) is 27.7 Å². The topological polar surface area (TPSA) is 92.4 Å². The van der Waals surface area contributed by atoms with E-state index in [1.165, 1.54) is 6.92 Å². The summed E-state index contributed by atoms with van der Waals surface area (Å²) in [5, 5.41) is 11.5. The molecule has 5 nitrogen and oxygen atoms in total. The molecule has 0 aromatic rings. The quantitative estimate of drug-likeness (QED) is 0.663. The first-order valence-electron chi connectivity index (χ1n) is 5.35. The number of carboxylic acid groups (broad SMARTS) is 1. The van der Waals surface area contributed by atoms with E-state index in [9.17, 15) is 9.59 Å². The van der Waals surface area contributed by atoms with E-state index in [0.29, 0.717) is 6.42 Å². The fourth-order valence-electron chi connectivity index (χ4n) is 1.04. The first kappa shape index (κ1) is 14.9. The van der Waals surface area contributed by atoms with Crippen LogP contribution < -0.4 is 11.1 Å². The first-order valence-corrected chi connectivity index (χ1v) is 5.35. The summed E-state index contributed by atoms with van der Waals surface area (Å²) in [7, 11) is 0. The largest absolute Gasteiger partial charge is 0.480 e. The predicted octanol–water partition coefficient (Wildman–Crippen LogP) is 0.729. The number of nitrogens with two attached hydrogens (primary N) is 1. The second-order valence-corrected chi connectivity index (χ2v) is 5.32. The molecule has 4 N–H and O–H groups in total. The highest BCUT2D eigenvalue weighted by molar-refractivity contribution is 5.89. The van der Waals surface area contributed by atoms with Gasteiger partial charge in [0.25, 0.3) is 0 Å². The van der Waals surface area contributed by atoms with Crippen molar-refractivity contribution in [2.24, 2.45) is 11.1 Å². The van der Waals surface area contributed by atoms with Crippen LogP contribution in [0.5, 0.6) is 0 Å². The van der Waals surface area contributed by atoms with Crippen molar-refractivity contribution in [2.75, 3.05) is 0 Å². The van der Waals surface area contributed by atoms with Gasteiger partial charge in [0.05, 0.1) is 6.04 Å². The summed E-state index contributed by atoms with van der Waals surface area (Å²) < 4.78 is 0. The molecule has 2 atom stereocenters. The highest BCUT2D eigenvalue weighted by Gasteiger charge is 2.36. The third-order valence-corrected chi connectivity index (χ3v) is 2.79. The highest BCUT2D eigenvalue weighted by Crippen LogP contribution is 2.19. The Balaban J connectivity index is 4.74. The van der Waals surface area contributed by atoms with Crippen LogP contribution in [0.25, 0.3) is 0 Å². The lowest BCUT2D eigenvalue weighted by atomic mass is 9.86. The molecule has 1 amide bonds. The van der Waals surface area contributed by atoms with Crippen molar-refractivity contribution in [3.8, 4) is 0 Å². The second kappa shape index (κ2) is 4.82. The zero-order chi connectivity index (χ0) is 13.1. The average molecular weight is 230 g/mol. The number of rotatable bonds is 4. The molecule has 16 heavy (non-hydrogen) atoms. The fourth-order valence-corrected chi connectivity index (χ4v) is 1.04. The van der Waals surface area contributed by atoms with Crippen LogP contribution in [0.4, 0.5) is 0 Å². The lowest BCUT2D eigenvalue weighted by Gasteiger charge is -2.31. The number of carboxylic acids is 1. The number of carbonyl (C=O) groups is 2. The van der Waals surface area contributed by atoms with Crippen molar-refractivity contribution >= 4 is 11.9 Å². The molecule has 0 radical (unpaired) electrons. The van der Waals surface area contributed by atoms with E-state index in [0.717, 1.165) is 0 Å². The monoisotopic (exact) mass is 230 g/mol. The van der Waals surface area contributed by atoms with Gasteiger partial charge < -0.3 is 16.2 Å². The Labute approximate surface area is 96.4 Å². The van der Waals surface area contributed by atoms with Gasteiger partial charge in [0, 0.05) is 0 Å². The molecular formula is C11H22N2O3. The van der Waals surface area contributed by atoms with Crippen LogP contribution >= 0.6 is 0 Å². The number of carbonyl (C=O) groups excluding carboxylic acids is 1. The van der Waals surface area contributed by atoms with Crippen LogP contribution in [0.3, 0.4) is 0 Å². The first-order chi connectivity index (χ1) is 7.04. The fraction of sp³-hybridized carbons (Fsp3) is 0.818. The van der Waals surface area contributed by atoms with Crippen LogP contribution in [-0.4, -0.2) is 28.6 Å². The number of amides is 1. The van der Waals surface area contributed by atoms with Crippen LogP contribution in [-0.2, 0) is 9.59 Å². The van der Waals surface area contributed by atoms with Gasteiger partial charge >= 0.3 is 5.97 Å². The summed E-state index contributed by atoms with van der Waals surface area (Å²) in [6.07, 6.45) is 0.310. The van der Waals surface area contributed by atoms with E-state index in [1.807, 2.05) is 20.8 Å². The van der Waals surface area contributed by atoms with E-state index in [2.05, 4.69) is 5.32 Å². The Bertz CT molecular complexity index is 283. The molecule has 0 saturated heterocycles. The van der Waals surface area contributed by atoms with Crippen molar-refractivity contribution < 1.29 is 14.7 Å². The summed E-state index contributed by atoms with van der Waals surface area (Å²) in [6, 6.07) is -0.724. The standard InChI is InChI=1S/C11H22N2O3/c1-6-11(5,9(15)16)13-8(14)7(12)10(2,3)4/h7H,6,12H2,1-5H3,(H,13,14)(H,15,16). The maximum atomic E-state index is 11.8. The van der Waals surface area contributed by atoms with Crippen molar-refractivity contribution in [3.63, 3.8) is 0 Å². The zero-order valence-corrected chi connectivity index (χ0v) is 10.6. The average Bonchev–Trinajstić information content (AvgIpc) is 2.14. The van der Waals surface area contributed by atoms with Crippen LogP contribution in [0, 0.1) is 5.41 Å². The number of aliphatic carboxylic acids is 1. The molecule has 0 aliphatic carbocycles. The third kappa shape index (κ3) is 3.48. The smallest absolute Gasteiger partial charge is 0.329 e. The van der Waals surface area contributed by atoms with Gasteiger partial charge in [-0.05, 0) is 18.8 Å². The lowest BCUT2D eigenvalue weighted by molar-refractivity contribution is -0.147. The van der Waals surface area contributed by atoms with Gasteiger partial charge in [0.1, 0.15) is 5.54 Å².